The number of nitrogens with zero attached hydrogens (tertiary/aromatic N) is 1. The highest BCUT2D eigenvalue weighted by atomic mass is 16.5. The zero-order valence-electron chi connectivity index (χ0n) is 12.0. The van der Waals surface area contributed by atoms with Crippen molar-refractivity contribution in [2.24, 2.45) is 0 Å². The first-order valence-electron chi connectivity index (χ1n) is 6.50. The Kier molecular flexibility index (Phi) is 7.00. The van der Waals surface area contributed by atoms with Crippen molar-refractivity contribution < 1.29 is 14.6 Å². The number of methoxy groups -OCH3 is 1. The van der Waals surface area contributed by atoms with E-state index in [0.717, 1.165) is 5.56 Å². The molecule has 0 aliphatic rings. The Morgan fingerprint density at radius 3 is 2.70 bits per heavy atom. The van der Waals surface area contributed by atoms with Crippen molar-refractivity contribution in [1.29, 1.82) is 0 Å². The summed E-state index contributed by atoms with van der Waals surface area (Å²) in [5.74, 6) is -0.0888. The Bertz CT molecular complexity index is 409. The Balaban J connectivity index is 2.35. The molecule has 0 bridgehead atoms. The van der Waals surface area contributed by atoms with Gasteiger partial charge in [-0.15, -0.1) is 0 Å². The molecule has 20 heavy (non-hydrogen) atoms. The molecule has 1 amide bonds. The molecule has 1 rings (SSSR count). The topological polar surface area (TPSA) is 87.8 Å². The molecule has 0 radical (unpaired) electrons. The number of nitrogen functional groups attached to an aromatic ring is 1. The van der Waals surface area contributed by atoms with E-state index in [0.29, 0.717) is 25.4 Å². The van der Waals surface area contributed by atoms with Gasteiger partial charge in [0.05, 0.1) is 19.3 Å². The maximum atomic E-state index is 11.6. The number of amides is 1. The molecule has 0 saturated carbocycles. The van der Waals surface area contributed by atoms with Gasteiger partial charge in [-0.05, 0) is 24.7 Å². The van der Waals surface area contributed by atoms with E-state index in [9.17, 15) is 9.90 Å². The van der Waals surface area contributed by atoms with Gasteiger partial charge in [-0.2, -0.15) is 0 Å². The number of aliphatic hydroxyl groups is 1. The van der Waals surface area contributed by atoms with Crippen molar-refractivity contribution >= 4 is 11.6 Å². The molecule has 0 spiro atoms. The van der Waals surface area contributed by atoms with Crippen LogP contribution >= 0.6 is 0 Å². The number of nitrogens with one attached hydrogen (secondary N) is 1. The van der Waals surface area contributed by atoms with Crippen LogP contribution in [0.15, 0.2) is 24.3 Å². The quantitative estimate of drug-likeness (QED) is 0.461. The monoisotopic (exact) mass is 281 g/mol. The number of anilines is 1. The molecule has 6 nitrogen and oxygen atoms in total. The molecule has 1 unspecified atom stereocenters. The third kappa shape index (κ3) is 6.01. The van der Waals surface area contributed by atoms with E-state index in [1.165, 1.54) is 0 Å². The molecule has 0 aliphatic heterocycles. The first kappa shape index (κ1) is 16.4. The van der Waals surface area contributed by atoms with Gasteiger partial charge in [0.15, 0.2) is 0 Å². The first-order valence-corrected chi connectivity index (χ1v) is 6.50. The lowest BCUT2D eigenvalue weighted by Crippen LogP contribution is -2.38. The lowest BCUT2D eigenvalue weighted by Gasteiger charge is -2.20. The number of likely N-dealkylation sites (N-methyl/N-ethyl adjacent to an activating group) is 1. The molecule has 112 valence electrons. The van der Waals surface area contributed by atoms with E-state index in [4.69, 9.17) is 10.5 Å². The summed E-state index contributed by atoms with van der Waals surface area (Å²) >= 11 is 0. The van der Waals surface area contributed by atoms with Gasteiger partial charge in [0.1, 0.15) is 0 Å². The molecule has 0 aromatic heterocycles. The minimum atomic E-state index is -0.646. The number of ether oxygens (including phenoxy) is 1. The van der Waals surface area contributed by atoms with Crippen molar-refractivity contribution in [2.75, 3.05) is 46.1 Å². The summed E-state index contributed by atoms with van der Waals surface area (Å²) in [6, 6.07) is 7.06. The summed E-state index contributed by atoms with van der Waals surface area (Å²) < 4.78 is 4.85. The van der Waals surface area contributed by atoms with Gasteiger partial charge in [0, 0.05) is 25.9 Å². The molecule has 1 aromatic carbocycles. The predicted molar refractivity (Wildman–Crippen MR) is 78.2 cm³/mol. The van der Waals surface area contributed by atoms with Crippen LogP contribution in [0, 0.1) is 0 Å². The summed E-state index contributed by atoms with van der Waals surface area (Å²) in [5, 5.41) is 12.8. The van der Waals surface area contributed by atoms with Crippen LogP contribution in [0.5, 0.6) is 0 Å². The van der Waals surface area contributed by atoms with Crippen LogP contribution in [-0.4, -0.2) is 56.3 Å². The van der Waals surface area contributed by atoms with E-state index in [1.54, 1.807) is 43.3 Å². The zero-order valence-corrected chi connectivity index (χ0v) is 12.0. The molecule has 0 aliphatic carbocycles. The normalized spacial score (nSPS) is 12.4. The second kappa shape index (κ2) is 8.52. The van der Waals surface area contributed by atoms with Gasteiger partial charge in [0.2, 0.25) is 5.91 Å². The van der Waals surface area contributed by atoms with E-state index < -0.39 is 6.10 Å². The third-order valence-electron chi connectivity index (χ3n) is 2.85. The number of hydrogen-bond donors (Lipinski definition) is 3. The van der Waals surface area contributed by atoms with Crippen molar-refractivity contribution in [3.05, 3.63) is 29.8 Å². The smallest absolute Gasteiger partial charge is 0.234 e. The lowest BCUT2D eigenvalue weighted by atomic mass is 10.1. The highest BCUT2D eigenvalue weighted by Crippen LogP contribution is 2.15. The molecule has 1 aromatic rings. The summed E-state index contributed by atoms with van der Waals surface area (Å²) in [6.07, 6.45) is -0.646. The second-order valence-corrected chi connectivity index (χ2v) is 4.72. The molecule has 6 heteroatoms. The van der Waals surface area contributed by atoms with Crippen molar-refractivity contribution in [2.45, 2.75) is 6.10 Å². The number of rotatable bonds is 8. The Morgan fingerprint density at radius 1 is 1.45 bits per heavy atom. The largest absolute Gasteiger partial charge is 0.399 e. The predicted octanol–water partition coefficient (Wildman–Crippen LogP) is -0.00340. The summed E-state index contributed by atoms with van der Waals surface area (Å²) in [5.41, 5.74) is 7.04. The van der Waals surface area contributed by atoms with E-state index >= 15 is 0 Å². The molecule has 1 atom stereocenters. The average molecular weight is 281 g/mol. The fraction of sp³-hybridized carbons (Fsp3) is 0.500. The van der Waals surface area contributed by atoms with Gasteiger partial charge in [-0.25, -0.2) is 0 Å². The van der Waals surface area contributed by atoms with Crippen LogP contribution in [0.2, 0.25) is 0 Å². The van der Waals surface area contributed by atoms with Gasteiger partial charge in [0.25, 0.3) is 0 Å². The molecular formula is C14H23N3O3. The maximum Gasteiger partial charge on any atom is 0.234 e. The zero-order chi connectivity index (χ0) is 15.0. The van der Waals surface area contributed by atoms with Crippen LogP contribution in [-0.2, 0) is 9.53 Å². The number of carbonyl (C=O) groups is 1. The lowest BCUT2D eigenvalue weighted by molar-refractivity contribution is -0.122. The number of aliphatic hydroxyl groups excluding tert-OH is 1. The number of hydrogen-bond acceptors (Lipinski definition) is 5. The molecule has 4 N–H and O–H groups in total. The van der Waals surface area contributed by atoms with Crippen molar-refractivity contribution in [3.8, 4) is 0 Å². The number of nitrogens with two attached hydrogens (primary N) is 1. The molecular weight excluding hydrogens is 258 g/mol. The van der Waals surface area contributed by atoms with Gasteiger partial charge in [-0.3, -0.25) is 9.69 Å². The molecule has 0 heterocycles. The minimum Gasteiger partial charge on any atom is -0.399 e. The SMILES string of the molecule is COCCNC(=O)CN(C)CC(O)c1ccc(N)cc1. The van der Waals surface area contributed by atoms with Crippen LogP contribution < -0.4 is 11.1 Å². The standard InChI is InChI=1S/C14H23N3O3/c1-17(10-14(19)16-7-8-20-2)9-13(18)11-3-5-12(15)6-4-11/h3-6,13,18H,7-10,15H2,1-2H3,(H,16,19). The third-order valence-corrected chi connectivity index (χ3v) is 2.85. The molecule has 0 saturated heterocycles. The van der Waals surface area contributed by atoms with Gasteiger partial charge >= 0.3 is 0 Å². The Morgan fingerprint density at radius 2 is 2.10 bits per heavy atom. The highest BCUT2D eigenvalue weighted by Gasteiger charge is 2.13. The van der Waals surface area contributed by atoms with E-state index in [2.05, 4.69) is 5.32 Å². The summed E-state index contributed by atoms with van der Waals surface area (Å²) in [4.78, 5) is 13.4. The van der Waals surface area contributed by atoms with Gasteiger partial charge in [-0.1, -0.05) is 12.1 Å². The van der Waals surface area contributed by atoms with Crippen molar-refractivity contribution in [3.63, 3.8) is 0 Å². The highest BCUT2D eigenvalue weighted by molar-refractivity contribution is 5.77. The fourth-order valence-electron chi connectivity index (χ4n) is 1.78. The van der Waals surface area contributed by atoms with Crippen LogP contribution in [0.1, 0.15) is 11.7 Å². The Labute approximate surface area is 119 Å². The van der Waals surface area contributed by atoms with Gasteiger partial charge < -0.3 is 20.9 Å². The van der Waals surface area contributed by atoms with Crippen LogP contribution in [0.25, 0.3) is 0 Å². The maximum absolute atomic E-state index is 11.6. The van der Waals surface area contributed by atoms with Crippen molar-refractivity contribution in [1.82, 2.24) is 10.2 Å². The first-order chi connectivity index (χ1) is 9.52. The number of carbonyl (C=O) groups excluding carboxylic acids is 1. The van der Waals surface area contributed by atoms with Crippen LogP contribution in [0.3, 0.4) is 0 Å². The average Bonchev–Trinajstić information content (AvgIpc) is 2.39. The summed E-state index contributed by atoms with van der Waals surface area (Å²) in [6.45, 7) is 1.59. The van der Waals surface area contributed by atoms with Crippen LogP contribution in [0.4, 0.5) is 5.69 Å². The fourth-order valence-corrected chi connectivity index (χ4v) is 1.78. The number of benzene rings is 1. The summed E-state index contributed by atoms with van der Waals surface area (Å²) in [7, 11) is 3.37. The van der Waals surface area contributed by atoms with E-state index in [1.807, 2.05) is 0 Å². The minimum absolute atomic E-state index is 0.0888. The second-order valence-electron chi connectivity index (χ2n) is 4.72. The Hall–Kier alpha value is -1.63. The molecule has 0 fully saturated rings. The van der Waals surface area contributed by atoms with E-state index in [-0.39, 0.29) is 12.5 Å².